The van der Waals surface area contributed by atoms with Crippen LogP contribution in [0.25, 0.3) is 11.6 Å². The van der Waals surface area contributed by atoms with Crippen LogP contribution in [0.1, 0.15) is 72.8 Å². The number of anilines is 1. The van der Waals surface area contributed by atoms with E-state index < -0.39 is 66.1 Å². The number of imide groups is 1. The van der Waals surface area contributed by atoms with Gasteiger partial charge in [-0.1, -0.05) is 0 Å². The molecule has 228 valence electrons. The molecule has 0 saturated heterocycles. The second-order valence-electron chi connectivity index (χ2n) is 11.6. The Morgan fingerprint density at radius 2 is 1.63 bits per heavy atom. The van der Waals surface area contributed by atoms with Crippen molar-refractivity contribution < 1.29 is 51.2 Å². The van der Waals surface area contributed by atoms with Gasteiger partial charge in [0.15, 0.2) is 5.69 Å². The van der Waals surface area contributed by atoms with E-state index in [1.807, 2.05) is 0 Å². The van der Waals surface area contributed by atoms with Crippen molar-refractivity contribution in [3.8, 4) is 17.5 Å². The van der Waals surface area contributed by atoms with E-state index in [1.165, 1.54) is 6.07 Å². The number of fused-ring (bicyclic) bond motifs is 5. The summed E-state index contributed by atoms with van der Waals surface area (Å²) in [6.07, 6.45) is -8.68. The number of hydrogen-bond donors (Lipinski definition) is 1. The maximum absolute atomic E-state index is 14.0. The summed E-state index contributed by atoms with van der Waals surface area (Å²) in [6, 6.07) is 1.33. The van der Waals surface area contributed by atoms with Crippen LogP contribution < -0.4 is 9.64 Å². The zero-order valence-electron chi connectivity index (χ0n) is 24.2. The Hall–Kier alpha value is -3.46. The van der Waals surface area contributed by atoms with Crippen molar-refractivity contribution in [2.24, 2.45) is 0 Å². The summed E-state index contributed by atoms with van der Waals surface area (Å²) in [5.74, 6) is -1.79. The molecule has 15 heteroatoms. The maximum Gasteiger partial charge on any atom is 0.426 e. The van der Waals surface area contributed by atoms with Crippen molar-refractivity contribution in [3.05, 3.63) is 17.5 Å². The molecule has 1 aliphatic rings. The van der Waals surface area contributed by atoms with E-state index >= 15 is 0 Å². The first kappa shape index (κ1) is 32.1. The van der Waals surface area contributed by atoms with Crippen molar-refractivity contribution >= 4 is 17.9 Å². The third kappa shape index (κ3) is 7.64. The number of halogens is 3. The number of aryl methyl sites for hydroxylation is 1. The van der Waals surface area contributed by atoms with E-state index in [-0.39, 0.29) is 30.3 Å². The second-order valence-corrected chi connectivity index (χ2v) is 11.6. The van der Waals surface area contributed by atoms with E-state index in [9.17, 15) is 27.9 Å². The van der Waals surface area contributed by atoms with Crippen LogP contribution in [-0.2, 0) is 19.8 Å². The number of rotatable bonds is 1. The lowest BCUT2D eigenvalue weighted by atomic mass is 9.99. The molecule has 0 fully saturated rings. The molecule has 0 radical (unpaired) electrons. The molecule has 1 aliphatic heterocycles. The normalized spacial score (nSPS) is 20.4. The standard InChI is InChI=1S/C26H35F3N4O8/c1-14-13-16(33(21(34)40-23(3,4)5)22(35)41-24(6,7)8)17-19-31-32-20(39-19)25(36,26(27,28)29)10-12-37-11-9-15(2)38-18(14)30-17/h13,15,36H,9-12H2,1-8H3/t15-,25?/m1/s1. The van der Waals surface area contributed by atoms with Crippen molar-refractivity contribution in [1.29, 1.82) is 0 Å². The Morgan fingerprint density at radius 3 is 2.17 bits per heavy atom. The predicted molar refractivity (Wildman–Crippen MR) is 137 cm³/mol. The van der Waals surface area contributed by atoms with Crippen LogP contribution in [-0.4, -0.2) is 69.2 Å². The molecule has 1 unspecified atom stereocenters. The topological polar surface area (TPSA) is 146 Å². The van der Waals surface area contributed by atoms with Gasteiger partial charge in [0.2, 0.25) is 11.5 Å². The molecule has 3 rings (SSSR count). The summed E-state index contributed by atoms with van der Waals surface area (Å²) in [7, 11) is 0. The molecule has 2 aromatic rings. The summed E-state index contributed by atoms with van der Waals surface area (Å²) in [4.78, 5) is 31.6. The number of ether oxygens (including phenoxy) is 4. The molecule has 0 aromatic carbocycles. The fourth-order valence-electron chi connectivity index (χ4n) is 3.59. The van der Waals surface area contributed by atoms with Gasteiger partial charge in [-0.3, -0.25) is 0 Å². The highest BCUT2D eigenvalue weighted by atomic mass is 19.4. The second kappa shape index (κ2) is 11.4. The minimum atomic E-state index is -5.21. The van der Waals surface area contributed by atoms with E-state index in [0.29, 0.717) is 10.5 Å². The van der Waals surface area contributed by atoms with Gasteiger partial charge in [0.1, 0.15) is 11.2 Å². The van der Waals surface area contributed by atoms with Gasteiger partial charge in [-0.05, 0) is 61.5 Å². The molecule has 0 aliphatic carbocycles. The highest BCUT2D eigenvalue weighted by Crippen LogP contribution is 2.43. The van der Waals surface area contributed by atoms with Crippen LogP contribution in [0.2, 0.25) is 0 Å². The largest absolute Gasteiger partial charge is 0.474 e. The van der Waals surface area contributed by atoms with Crippen LogP contribution in [0.5, 0.6) is 5.88 Å². The first-order valence-corrected chi connectivity index (χ1v) is 12.9. The van der Waals surface area contributed by atoms with Crippen molar-refractivity contribution in [3.63, 3.8) is 0 Å². The molecule has 0 spiro atoms. The van der Waals surface area contributed by atoms with E-state index in [4.69, 9.17) is 23.4 Å². The molecular formula is C26H35F3N4O8. The fraction of sp³-hybridized carbons (Fsp3) is 0.654. The van der Waals surface area contributed by atoms with Gasteiger partial charge in [0.25, 0.3) is 11.8 Å². The molecule has 2 amide bonds. The number of alkyl halides is 3. The first-order chi connectivity index (χ1) is 18.7. The average Bonchev–Trinajstić information content (AvgIpc) is 3.27. The molecule has 2 atom stereocenters. The molecule has 1 N–H and O–H groups in total. The summed E-state index contributed by atoms with van der Waals surface area (Å²) in [6.45, 7) is 12.3. The van der Waals surface area contributed by atoms with Crippen molar-refractivity contribution in [2.45, 2.75) is 97.3 Å². The Balaban J connectivity index is 2.30. The number of carbonyl (C=O) groups is 2. The van der Waals surface area contributed by atoms with E-state index in [2.05, 4.69) is 15.2 Å². The van der Waals surface area contributed by atoms with E-state index in [0.717, 1.165) is 0 Å². The number of carbonyl (C=O) groups excluding carboxylic acids is 2. The molecule has 2 aromatic heterocycles. The highest BCUT2D eigenvalue weighted by molar-refractivity contribution is 6.11. The highest BCUT2D eigenvalue weighted by Gasteiger charge is 2.59. The van der Waals surface area contributed by atoms with Gasteiger partial charge in [-0.15, -0.1) is 10.2 Å². The van der Waals surface area contributed by atoms with E-state index in [1.54, 1.807) is 55.4 Å². The lowest BCUT2D eigenvalue weighted by Crippen LogP contribution is -2.44. The van der Waals surface area contributed by atoms with Gasteiger partial charge in [0.05, 0.1) is 25.0 Å². The predicted octanol–water partition coefficient (Wildman–Crippen LogP) is 5.44. The summed E-state index contributed by atoms with van der Waals surface area (Å²) in [5.41, 5.74) is -5.95. The summed E-state index contributed by atoms with van der Waals surface area (Å²) < 4.78 is 69.5. The van der Waals surface area contributed by atoms with Crippen LogP contribution in [0, 0.1) is 6.92 Å². The SMILES string of the molecule is Cc1cc(N(C(=O)OC(C)(C)C)C(=O)OC(C)(C)C)c2nc1O[C@H](C)CCOCCC(O)(C(F)(F)F)c1nnc-2o1. The van der Waals surface area contributed by atoms with Crippen LogP contribution >= 0.6 is 0 Å². The summed E-state index contributed by atoms with van der Waals surface area (Å²) in [5, 5.41) is 17.8. The van der Waals surface area contributed by atoms with Crippen LogP contribution in [0.4, 0.5) is 28.4 Å². The quantitative estimate of drug-likeness (QED) is 0.454. The summed E-state index contributed by atoms with van der Waals surface area (Å²) >= 11 is 0. The number of pyridine rings is 1. The fourth-order valence-corrected chi connectivity index (χ4v) is 3.59. The Bertz CT molecular complexity index is 1240. The molecule has 4 bridgehead atoms. The average molecular weight is 589 g/mol. The van der Waals surface area contributed by atoms with Crippen LogP contribution in [0.3, 0.4) is 0 Å². The third-order valence-corrected chi connectivity index (χ3v) is 5.58. The molecule has 0 saturated carbocycles. The molecular weight excluding hydrogens is 553 g/mol. The van der Waals surface area contributed by atoms with Gasteiger partial charge in [-0.25, -0.2) is 14.6 Å². The van der Waals surface area contributed by atoms with Gasteiger partial charge >= 0.3 is 18.4 Å². The molecule has 41 heavy (non-hydrogen) atoms. The van der Waals surface area contributed by atoms with Crippen LogP contribution in [0.15, 0.2) is 10.5 Å². The zero-order valence-corrected chi connectivity index (χ0v) is 24.2. The maximum atomic E-state index is 14.0. The number of amides is 2. The minimum Gasteiger partial charge on any atom is -0.474 e. The minimum absolute atomic E-state index is 0.0208. The Morgan fingerprint density at radius 1 is 1.05 bits per heavy atom. The van der Waals surface area contributed by atoms with Gasteiger partial charge in [0, 0.05) is 18.4 Å². The zero-order chi connectivity index (χ0) is 31.0. The number of aliphatic hydroxyl groups is 1. The van der Waals surface area contributed by atoms with Gasteiger partial charge in [-0.2, -0.15) is 18.1 Å². The third-order valence-electron chi connectivity index (χ3n) is 5.58. The molecule has 3 heterocycles. The first-order valence-electron chi connectivity index (χ1n) is 12.9. The number of hydrogen-bond acceptors (Lipinski definition) is 11. The van der Waals surface area contributed by atoms with Gasteiger partial charge < -0.3 is 28.5 Å². The van der Waals surface area contributed by atoms with Crippen molar-refractivity contribution in [1.82, 2.24) is 15.2 Å². The smallest absolute Gasteiger partial charge is 0.426 e. The lowest BCUT2D eigenvalue weighted by Gasteiger charge is -2.29. The number of nitrogens with zero attached hydrogens (tertiary/aromatic N) is 4. The van der Waals surface area contributed by atoms with Crippen molar-refractivity contribution in [2.75, 3.05) is 18.1 Å². The Kier molecular flexibility index (Phi) is 8.94. The molecule has 12 nitrogen and oxygen atoms in total. The number of aromatic nitrogens is 3. The monoisotopic (exact) mass is 588 g/mol. The Labute approximate surface area is 235 Å². The lowest BCUT2D eigenvalue weighted by molar-refractivity contribution is -0.279.